The fourth-order valence-corrected chi connectivity index (χ4v) is 3.45. The Balaban J connectivity index is 1.99. The van der Waals surface area contributed by atoms with E-state index in [-0.39, 0.29) is 5.41 Å². The minimum Gasteiger partial charge on any atom is -0.459 e. The zero-order valence-electron chi connectivity index (χ0n) is 15.5. The van der Waals surface area contributed by atoms with E-state index in [1.807, 2.05) is 13.0 Å². The summed E-state index contributed by atoms with van der Waals surface area (Å²) >= 11 is 0. The van der Waals surface area contributed by atoms with Gasteiger partial charge in [-0.3, -0.25) is 0 Å². The molecule has 0 bridgehead atoms. The van der Waals surface area contributed by atoms with Crippen molar-refractivity contribution < 1.29 is 4.42 Å². The van der Waals surface area contributed by atoms with E-state index in [1.165, 1.54) is 16.3 Å². The molecular weight excluding hydrogens is 306 g/mol. The van der Waals surface area contributed by atoms with Crippen LogP contribution in [0.25, 0.3) is 33.1 Å². The average Bonchev–Trinajstić information content (AvgIpc) is 2.87. The van der Waals surface area contributed by atoms with Crippen molar-refractivity contribution in [3.63, 3.8) is 0 Å². The summed E-state index contributed by atoms with van der Waals surface area (Å²) in [6, 6.07) is 17.2. The van der Waals surface area contributed by atoms with Crippen LogP contribution in [0.15, 0.2) is 52.9 Å². The highest BCUT2D eigenvalue weighted by molar-refractivity contribution is 5.91. The Hall–Kier alpha value is -2.61. The standard InChI is InChI=1S/C23H23NO/c1-14-15(2)25-21-11-10-20(24-22(14)21)17-12-16-8-6-7-9-18(16)19(13-17)23(3,4)5/h6-13H,1-5H3. The van der Waals surface area contributed by atoms with Crippen molar-refractivity contribution in [1.82, 2.24) is 4.98 Å². The summed E-state index contributed by atoms with van der Waals surface area (Å²) in [4.78, 5) is 4.90. The van der Waals surface area contributed by atoms with Gasteiger partial charge in [-0.1, -0.05) is 45.0 Å². The van der Waals surface area contributed by atoms with Crippen LogP contribution in [0.5, 0.6) is 0 Å². The lowest BCUT2D eigenvalue weighted by Gasteiger charge is -2.22. The summed E-state index contributed by atoms with van der Waals surface area (Å²) in [6.45, 7) is 10.8. The average molecular weight is 329 g/mol. The molecule has 2 heteroatoms. The smallest absolute Gasteiger partial charge is 0.153 e. The predicted molar refractivity (Wildman–Crippen MR) is 105 cm³/mol. The molecule has 25 heavy (non-hydrogen) atoms. The minimum absolute atomic E-state index is 0.0713. The number of furan rings is 1. The predicted octanol–water partition coefficient (Wildman–Crippen LogP) is 6.56. The zero-order chi connectivity index (χ0) is 17.8. The Morgan fingerprint density at radius 1 is 0.920 bits per heavy atom. The van der Waals surface area contributed by atoms with Crippen LogP contribution >= 0.6 is 0 Å². The lowest BCUT2D eigenvalue weighted by atomic mass is 9.82. The Morgan fingerprint density at radius 2 is 1.68 bits per heavy atom. The zero-order valence-corrected chi connectivity index (χ0v) is 15.5. The molecule has 4 rings (SSSR count). The number of hydrogen-bond acceptors (Lipinski definition) is 2. The third-order valence-corrected chi connectivity index (χ3v) is 4.97. The van der Waals surface area contributed by atoms with Crippen molar-refractivity contribution >= 4 is 21.9 Å². The maximum Gasteiger partial charge on any atom is 0.153 e. The van der Waals surface area contributed by atoms with Crippen LogP contribution in [-0.4, -0.2) is 4.98 Å². The van der Waals surface area contributed by atoms with Gasteiger partial charge in [-0.15, -0.1) is 0 Å². The van der Waals surface area contributed by atoms with Gasteiger partial charge in [0.25, 0.3) is 0 Å². The van der Waals surface area contributed by atoms with E-state index in [9.17, 15) is 0 Å². The molecule has 0 saturated carbocycles. The Morgan fingerprint density at radius 3 is 2.44 bits per heavy atom. The molecule has 0 saturated heterocycles. The fraction of sp³-hybridized carbons (Fsp3) is 0.261. The number of benzene rings is 2. The van der Waals surface area contributed by atoms with Crippen molar-refractivity contribution in [2.45, 2.75) is 40.0 Å². The van der Waals surface area contributed by atoms with Crippen LogP contribution in [0.4, 0.5) is 0 Å². The molecule has 4 aromatic rings. The topological polar surface area (TPSA) is 26.0 Å². The highest BCUT2D eigenvalue weighted by Gasteiger charge is 2.19. The van der Waals surface area contributed by atoms with Gasteiger partial charge in [0.2, 0.25) is 0 Å². The minimum atomic E-state index is 0.0713. The van der Waals surface area contributed by atoms with Gasteiger partial charge in [0, 0.05) is 11.1 Å². The van der Waals surface area contributed by atoms with Crippen molar-refractivity contribution in [3.05, 3.63) is 65.4 Å². The van der Waals surface area contributed by atoms with Crippen LogP contribution in [0.1, 0.15) is 37.7 Å². The Bertz CT molecular complexity index is 1100. The summed E-state index contributed by atoms with van der Waals surface area (Å²) in [5.41, 5.74) is 6.51. The number of hydrogen-bond donors (Lipinski definition) is 0. The maximum absolute atomic E-state index is 5.78. The molecule has 0 fully saturated rings. The van der Waals surface area contributed by atoms with E-state index in [2.05, 4.69) is 70.2 Å². The van der Waals surface area contributed by atoms with E-state index in [0.29, 0.717) is 0 Å². The van der Waals surface area contributed by atoms with E-state index in [1.54, 1.807) is 0 Å². The molecule has 0 aliphatic rings. The highest BCUT2D eigenvalue weighted by atomic mass is 16.3. The summed E-state index contributed by atoms with van der Waals surface area (Å²) in [5.74, 6) is 0.938. The van der Waals surface area contributed by atoms with Gasteiger partial charge in [-0.2, -0.15) is 0 Å². The third kappa shape index (κ3) is 2.62. The van der Waals surface area contributed by atoms with Gasteiger partial charge >= 0.3 is 0 Å². The van der Waals surface area contributed by atoms with Crippen LogP contribution < -0.4 is 0 Å². The van der Waals surface area contributed by atoms with Crippen LogP contribution in [0, 0.1) is 13.8 Å². The lowest BCUT2D eigenvalue weighted by Crippen LogP contribution is -2.12. The van der Waals surface area contributed by atoms with Gasteiger partial charge in [0.1, 0.15) is 11.3 Å². The molecule has 0 amide bonds. The molecule has 2 aromatic heterocycles. The van der Waals surface area contributed by atoms with Crippen molar-refractivity contribution in [2.75, 3.05) is 0 Å². The van der Waals surface area contributed by atoms with Crippen LogP contribution in [0.2, 0.25) is 0 Å². The molecule has 126 valence electrons. The molecule has 0 radical (unpaired) electrons. The lowest BCUT2D eigenvalue weighted by molar-refractivity contribution is 0.575. The molecule has 0 spiro atoms. The van der Waals surface area contributed by atoms with Gasteiger partial charge in [-0.05, 0) is 59.9 Å². The third-order valence-electron chi connectivity index (χ3n) is 4.97. The summed E-state index contributed by atoms with van der Waals surface area (Å²) in [5, 5.41) is 2.57. The van der Waals surface area contributed by atoms with E-state index >= 15 is 0 Å². The van der Waals surface area contributed by atoms with Crippen molar-refractivity contribution in [1.29, 1.82) is 0 Å². The van der Waals surface area contributed by atoms with Crippen LogP contribution in [-0.2, 0) is 5.41 Å². The second-order valence-electron chi connectivity index (χ2n) is 7.82. The number of fused-ring (bicyclic) bond motifs is 2. The van der Waals surface area contributed by atoms with Gasteiger partial charge in [-0.25, -0.2) is 4.98 Å². The molecule has 0 atom stereocenters. The molecule has 2 nitrogen and oxygen atoms in total. The molecule has 2 heterocycles. The molecule has 0 N–H and O–H groups in total. The first-order valence-electron chi connectivity index (χ1n) is 8.75. The molecular formula is C23H23NO. The summed E-state index contributed by atoms with van der Waals surface area (Å²) in [6.07, 6.45) is 0. The molecule has 0 aliphatic carbocycles. The Labute approximate surface area is 148 Å². The van der Waals surface area contributed by atoms with E-state index in [0.717, 1.165) is 33.7 Å². The van der Waals surface area contributed by atoms with Gasteiger partial charge < -0.3 is 4.42 Å². The van der Waals surface area contributed by atoms with Crippen molar-refractivity contribution in [3.8, 4) is 11.3 Å². The SMILES string of the molecule is Cc1oc2ccc(-c3cc(C(C)(C)C)c4ccccc4c3)nc2c1C. The second-order valence-corrected chi connectivity index (χ2v) is 7.82. The van der Waals surface area contributed by atoms with Gasteiger partial charge in [0.05, 0.1) is 5.69 Å². The summed E-state index contributed by atoms with van der Waals surface area (Å²) < 4.78 is 5.78. The molecule has 0 unspecified atom stereocenters. The van der Waals surface area contributed by atoms with E-state index in [4.69, 9.17) is 9.40 Å². The van der Waals surface area contributed by atoms with Crippen molar-refractivity contribution in [2.24, 2.45) is 0 Å². The number of pyridine rings is 1. The first kappa shape index (κ1) is 15.9. The Kier molecular flexibility index (Phi) is 3.47. The van der Waals surface area contributed by atoms with Crippen LogP contribution in [0.3, 0.4) is 0 Å². The number of aromatic nitrogens is 1. The number of rotatable bonds is 1. The van der Waals surface area contributed by atoms with E-state index < -0.39 is 0 Å². The maximum atomic E-state index is 5.78. The first-order valence-corrected chi connectivity index (χ1v) is 8.75. The largest absolute Gasteiger partial charge is 0.459 e. The normalized spacial score (nSPS) is 12.2. The summed E-state index contributed by atoms with van der Waals surface area (Å²) in [7, 11) is 0. The number of aryl methyl sites for hydroxylation is 2. The quantitative estimate of drug-likeness (QED) is 0.395. The van der Waals surface area contributed by atoms with Gasteiger partial charge in [0.15, 0.2) is 5.58 Å². The highest BCUT2D eigenvalue weighted by Crippen LogP contribution is 2.35. The monoisotopic (exact) mass is 329 g/mol. The second kappa shape index (κ2) is 5.45. The molecule has 0 aliphatic heterocycles. The first-order chi connectivity index (χ1) is 11.8. The molecule has 2 aromatic carbocycles. The number of nitrogens with zero attached hydrogens (tertiary/aromatic N) is 1. The fourth-order valence-electron chi connectivity index (χ4n) is 3.45.